The molecule has 0 spiro atoms. The third kappa shape index (κ3) is 9900. The van der Waals surface area contributed by atoms with Crippen LogP contribution in [0, 0.1) is 0 Å². The Balaban J connectivity index is -0.0000000112. The third-order valence-corrected chi connectivity index (χ3v) is 0. The summed E-state index contributed by atoms with van der Waals surface area (Å²) in [5.74, 6) is 0. The fourth-order valence-corrected chi connectivity index (χ4v) is 0. The van der Waals surface area contributed by atoms with E-state index in [-0.39, 0.29) is 47.9 Å². The first-order valence-electron chi connectivity index (χ1n) is 1.43. The first-order valence-corrected chi connectivity index (χ1v) is 2.25. The van der Waals surface area contributed by atoms with Crippen molar-refractivity contribution in [1.29, 1.82) is 0 Å². The summed E-state index contributed by atoms with van der Waals surface area (Å²) in [7, 11) is 0. The number of aliphatic hydroxyl groups is 2. The molecule has 0 rings (SSSR count). The van der Waals surface area contributed by atoms with E-state index in [1.54, 1.807) is 0 Å². The molecule has 0 heterocycles. The molecule has 0 unspecified atom stereocenters. The SMILES string of the molecule is C.NC(O)=S.NC(O)=S.O.O.[NaH]. The molecule has 0 aromatic carbocycles. The van der Waals surface area contributed by atoms with Crippen LogP contribution in [0.25, 0.3) is 0 Å². The van der Waals surface area contributed by atoms with Crippen molar-refractivity contribution in [2.24, 2.45) is 11.5 Å². The standard InChI is InChI=1S/2CH3NOS.CH4.Na.2H2O.H/c2*2-1(3)4;;;;;/h2*(H3,2,3,4);1H4;;2*1H2;. The molecule has 9 heteroatoms. The van der Waals surface area contributed by atoms with Crippen LogP contribution < -0.4 is 11.5 Å². The van der Waals surface area contributed by atoms with Gasteiger partial charge in [-0.3, -0.25) is 0 Å². The Bertz CT molecular complexity index is 84.3. The minimum absolute atomic E-state index is 0. The first kappa shape index (κ1) is 39.6. The molecule has 12 heavy (non-hydrogen) atoms. The zero-order chi connectivity index (χ0) is 7.15. The molecule has 74 valence electrons. The molecule has 0 fully saturated rings. The van der Waals surface area contributed by atoms with Crippen LogP contribution in [0.1, 0.15) is 7.43 Å². The quantitative estimate of drug-likeness (QED) is 0.276. The first-order chi connectivity index (χ1) is 3.46. The van der Waals surface area contributed by atoms with Gasteiger partial charge in [0.2, 0.25) is 0 Å². The van der Waals surface area contributed by atoms with Gasteiger partial charge in [0.1, 0.15) is 0 Å². The van der Waals surface area contributed by atoms with Crippen molar-refractivity contribution in [3.8, 4) is 0 Å². The molecule has 0 aromatic rings. The van der Waals surface area contributed by atoms with Gasteiger partial charge < -0.3 is 32.6 Å². The van der Waals surface area contributed by atoms with Gasteiger partial charge in [-0.15, -0.1) is 0 Å². The zero-order valence-electron chi connectivity index (χ0n) is 4.87. The Morgan fingerprint density at radius 2 is 0.917 bits per heavy atom. The average Bonchev–Trinajstić information content (AvgIpc) is 1.25. The van der Waals surface area contributed by atoms with Crippen LogP contribution in [0.5, 0.6) is 0 Å². The average molecular weight is 230 g/mol. The molecule has 0 bridgehead atoms. The van der Waals surface area contributed by atoms with Crippen LogP contribution in [0.4, 0.5) is 0 Å². The van der Waals surface area contributed by atoms with Crippen LogP contribution in [0.2, 0.25) is 0 Å². The topological polar surface area (TPSA) is 156 Å². The molecule has 0 amide bonds. The number of hydrogen-bond donors (Lipinski definition) is 4. The molecule has 0 saturated carbocycles. The van der Waals surface area contributed by atoms with Gasteiger partial charge in [0, 0.05) is 0 Å². The molecule has 10 N–H and O–H groups in total. The van der Waals surface area contributed by atoms with E-state index in [1.165, 1.54) is 0 Å². The summed E-state index contributed by atoms with van der Waals surface area (Å²) in [6.07, 6.45) is 0. The Kier molecular flexibility index (Phi) is 99.6. The summed E-state index contributed by atoms with van der Waals surface area (Å²) in [4.78, 5) is 0. The van der Waals surface area contributed by atoms with E-state index in [0.29, 0.717) is 0 Å². The summed E-state index contributed by atoms with van der Waals surface area (Å²) in [5, 5.41) is 14.1. The molecular weight excluding hydrogens is 215 g/mol. The van der Waals surface area contributed by atoms with Crippen LogP contribution in [-0.2, 0) is 0 Å². The van der Waals surface area contributed by atoms with Gasteiger partial charge in [0.05, 0.1) is 0 Å². The van der Waals surface area contributed by atoms with Crippen molar-refractivity contribution < 1.29 is 21.2 Å². The fraction of sp³-hybridized carbons (Fsp3) is 0.333. The predicted molar refractivity (Wildman–Crippen MR) is 59.9 cm³/mol. The van der Waals surface area contributed by atoms with Gasteiger partial charge >= 0.3 is 29.6 Å². The normalized spacial score (nSPS) is 4.00. The molecular formula is C3H15N2NaO4S2. The van der Waals surface area contributed by atoms with Gasteiger partial charge in [0.15, 0.2) is 0 Å². The monoisotopic (exact) mass is 230 g/mol. The van der Waals surface area contributed by atoms with E-state index < -0.39 is 10.3 Å². The van der Waals surface area contributed by atoms with Gasteiger partial charge in [-0.25, -0.2) is 0 Å². The Morgan fingerprint density at radius 1 is 0.917 bits per heavy atom. The molecule has 6 nitrogen and oxygen atoms in total. The van der Waals surface area contributed by atoms with Gasteiger partial charge in [-0.1, -0.05) is 7.43 Å². The molecule has 0 aliphatic rings. The van der Waals surface area contributed by atoms with Crippen molar-refractivity contribution in [3.05, 3.63) is 0 Å². The van der Waals surface area contributed by atoms with E-state index in [4.69, 9.17) is 10.2 Å². The van der Waals surface area contributed by atoms with E-state index in [2.05, 4.69) is 35.9 Å². The molecule has 0 saturated heterocycles. The van der Waals surface area contributed by atoms with Crippen molar-refractivity contribution in [3.63, 3.8) is 0 Å². The van der Waals surface area contributed by atoms with Crippen LogP contribution in [0.3, 0.4) is 0 Å². The van der Waals surface area contributed by atoms with Crippen molar-refractivity contribution in [2.75, 3.05) is 0 Å². The second-order valence-electron chi connectivity index (χ2n) is 0.676. The summed E-state index contributed by atoms with van der Waals surface area (Å²) >= 11 is 7.74. The van der Waals surface area contributed by atoms with E-state index >= 15 is 0 Å². The Morgan fingerprint density at radius 3 is 0.917 bits per heavy atom. The molecule has 0 aliphatic carbocycles. The van der Waals surface area contributed by atoms with Crippen LogP contribution >= 0.6 is 24.4 Å². The molecule has 0 atom stereocenters. The predicted octanol–water partition coefficient (Wildman–Crippen LogP) is -2.09. The maximum absolute atomic E-state index is 7.56. The fourth-order valence-electron chi connectivity index (χ4n) is 0. The van der Waals surface area contributed by atoms with Gasteiger partial charge in [-0.05, 0) is 24.4 Å². The van der Waals surface area contributed by atoms with Gasteiger partial charge in [0.25, 0.3) is 10.3 Å². The van der Waals surface area contributed by atoms with E-state index in [0.717, 1.165) is 0 Å². The summed E-state index contributed by atoms with van der Waals surface area (Å²) in [6.45, 7) is 0. The van der Waals surface area contributed by atoms with Gasteiger partial charge in [-0.2, -0.15) is 0 Å². The third-order valence-electron chi connectivity index (χ3n) is 0. The second kappa shape index (κ2) is 30.2. The molecule has 0 aromatic heterocycles. The maximum atomic E-state index is 7.56. The molecule has 0 radical (unpaired) electrons. The number of aliphatic hydroxyl groups excluding tert-OH is 2. The number of hydrogen-bond acceptors (Lipinski definition) is 2. The zero-order valence-corrected chi connectivity index (χ0v) is 6.50. The summed E-state index contributed by atoms with van der Waals surface area (Å²) < 4.78 is 0. The second-order valence-corrected chi connectivity index (χ2v) is 1.51. The molecule has 0 aliphatic heterocycles. The Labute approximate surface area is 104 Å². The summed E-state index contributed by atoms with van der Waals surface area (Å²) in [5.41, 5.74) is 8.80. The summed E-state index contributed by atoms with van der Waals surface area (Å²) in [6, 6.07) is 0. The minimum atomic E-state index is -0.500. The van der Waals surface area contributed by atoms with Crippen molar-refractivity contribution >= 4 is 64.3 Å². The van der Waals surface area contributed by atoms with E-state index in [9.17, 15) is 0 Å². The number of rotatable bonds is 0. The number of thiocarbonyl (C=S) groups is 2. The van der Waals surface area contributed by atoms with E-state index in [1.807, 2.05) is 0 Å². The Hall–Kier alpha value is 0.300. The van der Waals surface area contributed by atoms with Crippen molar-refractivity contribution in [1.82, 2.24) is 0 Å². The van der Waals surface area contributed by atoms with Crippen molar-refractivity contribution in [2.45, 2.75) is 7.43 Å². The van der Waals surface area contributed by atoms with Crippen LogP contribution in [-0.4, -0.2) is 61.1 Å². The number of nitrogens with two attached hydrogens (primary N) is 2. The van der Waals surface area contributed by atoms with Crippen LogP contribution in [0.15, 0.2) is 0 Å².